The van der Waals surface area contributed by atoms with E-state index in [0.717, 1.165) is 32.8 Å². The maximum atomic E-state index is 11.6. The molecule has 0 aromatic rings. The average molecular weight is 342 g/mol. The number of carbonyl (C=O) groups excluding carboxylic acids is 1. The Bertz CT molecular complexity index is 217. The summed E-state index contributed by atoms with van der Waals surface area (Å²) in [5, 5.41) is 0. The number of rotatable bonds is 5. The summed E-state index contributed by atoms with van der Waals surface area (Å²) in [6, 6.07) is 0. The second kappa shape index (κ2) is 7.45. The summed E-state index contributed by atoms with van der Waals surface area (Å²) in [7, 11) is 0. The lowest BCUT2D eigenvalue weighted by atomic mass is 10.1. The summed E-state index contributed by atoms with van der Waals surface area (Å²) < 4.78 is 10.5. The third kappa shape index (κ3) is 4.97. The van der Waals surface area contributed by atoms with Crippen molar-refractivity contribution in [3.63, 3.8) is 0 Å². The highest BCUT2D eigenvalue weighted by Gasteiger charge is 2.21. The van der Waals surface area contributed by atoms with E-state index < -0.39 is 0 Å². The van der Waals surface area contributed by atoms with Crippen molar-refractivity contribution in [3.05, 3.63) is 0 Å². The molecule has 4 nitrogen and oxygen atoms in total. The van der Waals surface area contributed by atoms with Gasteiger partial charge in [-0.25, -0.2) is 0 Å². The van der Waals surface area contributed by atoms with Crippen LogP contribution in [0, 0.1) is 5.92 Å². The van der Waals surface area contributed by atoms with E-state index in [0.29, 0.717) is 12.5 Å². The number of nitrogens with one attached hydrogen (secondary N) is 1. The van der Waals surface area contributed by atoms with Crippen LogP contribution in [0.3, 0.4) is 0 Å². The Morgan fingerprint density at radius 3 is 2.62 bits per heavy atom. The Hall–Kier alpha value is 0.120. The van der Waals surface area contributed by atoms with Gasteiger partial charge >= 0.3 is 5.97 Å². The third-order valence-electron chi connectivity index (χ3n) is 2.71. The van der Waals surface area contributed by atoms with Crippen molar-refractivity contribution >= 4 is 28.6 Å². The van der Waals surface area contributed by atoms with Crippen LogP contribution in [0.1, 0.15) is 13.8 Å². The maximum Gasteiger partial charge on any atom is 0.319 e. The van der Waals surface area contributed by atoms with Crippen LogP contribution < -0.4 is 4.90 Å². The Labute approximate surface area is 111 Å². The standard InChI is InChI=1S/C11H20INO3/c1-9(2)10(12)11(14)16-8-5-13-3-6-15-7-4-13/h9-10H,3-8H2,1-2H3/p+1. The molecular weight excluding hydrogens is 321 g/mol. The maximum absolute atomic E-state index is 11.6. The van der Waals surface area contributed by atoms with Gasteiger partial charge in [0.1, 0.15) is 30.2 Å². The summed E-state index contributed by atoms with van der Waals surface area (Å²) in [5.74, 6) is 0.257. The van der Waals surface area contributed by atoms with E-state index in [-0.39, 0.29) is 9.89 Å². The number of quaternary nitrogens is 1. The van der Waals surface area contributed by atoms with Gasteiger partial charge < -0.3 is 14.4 Å². The fraction of sp³-hybridized carbons (Fsp3) is 0.909. The molecule has 0 aromatic carbocycles. The summed E-state index contributed by atoms with van der Waals surface area (Å²) in [4.78, 5) is 13.0. The fourth-order valence-corrected chi connectivity index (χ4v) is 1.74. The average Bonchev–Trinajstić information content (AvgIpc) is 2.29. The second-order valence-electron chi connectivity index (χ2n) is 4.43. The molecule has 0 aliphatic carbocycles. The molecular formula is C11H21INO3+. The molecule has 1 unspecified atom stereocenters. The predicted molar refractivity (Wildman–Crippen MR) is 70.0 cm³/mol. The van der Waals surface area contributed by atoms with E-state index in [9.17, 15) is 4.79 Å². The molecule has 1 atom stereocenters. The molecule has 1 saturated heterocycles. The third-order valence-corrected chi connectivity index (χ3v) is 4.66. The van der Waals surface area contributed by atoms with Gasteiger partial charge in [0, 0.05) is 0 Å². The highest BCUT2D eigenvalue weighted by atomic mass is 127. The molecule has 5 heteroatoms. The zero-order chi connectivity index (χ0) is 12.0. The first-order chi connectivity index (χ1) is 7.61. The van der Waals surface area contributed by atoms with Crippen LogP contribution in [0.5, 0.6) is 0 Å². The monoisotopic (exact) mass is 342 g/mol. The summed E-state index contributed by atoms with van der Waals surface area (Å²) >= 11 is 2.15. The van der Waals surface area contributed by atoms with Crippen molar-refractivity contribution in [2.24, 2.45) is 5.92 Å². The van der Waals surface area contributed by atoms with Crippen LogP contribution in [0.25, 0.3) is 0 Å². The zero-order valence-electron chi connectivity index (χ0n) is 10.0. The van der Waals surface area contributed by atoms with Crippen molar-refractivity contribution in [2.75, 3.05) is 39.5 Å². The highest BCUT2D eigenvalue weighted by molar-refractivity contribution is 14.1. The van der Waals surface area contributed by atoms with Gasteiger partial charge in [0.15, 0.2) is 0 Å². The van der Waals surface area contributed by atoms with Crippen LogP contribution in [0.4, 0.5) is 0 Å². The molecule has 0 saturated carbocycles. The van der Waals surface area contributed by atoms with E-state index in [1.54, 1.807) is 0 Å². The Morgan fingerprint density at radius 1 is 1.44 bits per heavy atom. The van der Waals surface area contributed by atoms with Gasteiger partial charge in [0.05, 0.1) is 13.2 Å². The molecule has 16 heavy (non-hydrogen) atoms. The molecule has 1 aliphatic heterocycles. The topological polar surface area (TPSA) is 40.0 Å². The predicted octanol–water partition coefficient (Wildman–Crippen LogP) is -0.0957. The van der Waals surface area contributed by atoms with Gasteiger partial charge in [-0.1, -0.05) is 36.4 Å². The molecule has 94 valence electrons. The lowest BCUT2D eigenvalue weighted by molar-refractivity contribution is -0.908. The van der Waals surface area contributed by atoms with Crippen molar-refractivity contribution in [1.29, 1.82) is 0 Å². The molecule has 0 aromatic heterocycles. The summed E-state index contributed by atoms with van der Waals surface area (Å²) in [5.41, 5.74) is 0. The van der Waals surface area contributed by atoms with Crippen molar-refractivity contribution in [2.45, 2.75) is 17.8 Å². The molecule has 0 amide bonds. The normalized spacial score (nSPS) is 19.8. The van der Waals surface area contributed by atoms with E-state index >= 15 is 0 Å². The number of hydrogen-bond donors (Lipinski definition) is 1. The van der Waals surface area contributed by atoms with Crippen molar-refractivity contribution < 1.29 is 19.2 Å². The quantitative estimate of drug-likeness (QED) is 0.431. The number of carbonyl (C=O) groups is 1. The van der Waals surface area contributed by atoms with Crippen LogP contribution >= 0.6 is 22.6 Å². The number of esters is 1. The Morgan fingerprint density at radius 2 is 2.06 bits per heavy atom. The first-order valence-electron chi connectivity index (χ1n) is 5.83. The Kier molecular flexibility index (Phi) is 6.60. The summed E-state index contributed by atoms with van der Waals surface area (Å²) in [6.07, 6.45) is 0. The second-order valence-corrected chi connectivity index (χ2v) is 5.77. The number of halogens is 1. The number of alkyl halides is 1. The van der Waals surface area contributed by atoms with Crippen LogP contribution in [0.2, 0.25) is 0 Å². The Balaban J connectivity index is 2.12. The fourth-order valence-electron chi connectivity index (χ4n) is 1.56. The largest absolute Gasteiger partial charge is 0.459 e. The van der Waals surface area contributed by atoms with Gasteiger partial charge in [-0.3, -0.25) is 4.79 Å². The van der Waals surface area contributed by atoms with E-state index in [1.807, 2.05) is 13.8 Å². The molecule has 1 rings (SSSR count). The smallest absolute Gasteiger partial charge is 0.319 e. The van der Waals surface area contributed by atoms with E-state index in [2.05, 4.69) is 22.6 Å². The first-order valence-corrected chi connectivity index (χ1v) is 7.08. The highest BCUT2D eigenvalue weighted by Crippen LogP contribution is 2.13. The lowest BCUT2D eigenvalue weighted by Crippen LogP contribution is -3.14. The van der Waals surface area contributed by atoms with Gasteiger partial charge in [0.25, 0.3) is 0 Å². The van der Waals surface area contributed by atoms with Crippen molar-refractivity contribution in [1.82, 2.24) is 0 Å². The number of hydrogen-bond acceptors (Lipinski definition) is 3. The van der Waals surface area contributed by atoms with Crippen molar-refractivity contribution in [3.8, 4) is 0 Å². The van der Waals surface area contributed by atoms with Crippen LogP contribution in [-0.2, 0) is 14.3 Å². The SMILES string of the molecule is CC(C)C(I)C(=O)OCC[NH+]1CCOCC1. The number of ether oxygens (including phenoxy) is 2. The van der Waals surface area contributed by atoms with E-state index in [4.69, 9.17) is 9.47 Å². The minimum atomic E-state index is -0.0803. The summed E-state index contributed by atoms with van der Waals surface area (Å²) in [6.45, 7) is 9.19. The van der Waals surface area contributed by atoms with Gasteiger partial charge in [-0.05, 0) is 5.92 Å². The van der Waals surface area contributed by atoms with Gasteiger partial charge in [-0.15, -0.1) is 0 Å². The molecule has 0 bridgehead atoms. The number of morpholine rings is 1. The van der Waals surface area contributed by atoms with Crippen LogP contribution in [-0.4, -0.2) is 49.3 Å². The zero-order valence-corrected chi connectivity index (χ0v) is 12.2. The molecule has 0 spiro atoms. The first kappa shape index (κ1) is 14.2. The molecule has 1 fully saturated rings. The van der Waals surface area contributed by atoms with Gasteiger partial charge in [0.2, 0.25) is 0 Å². The minimum absolute atomic E-state index is 0.0303. The molecule has 0 radical (unpaired) electrons. The van der Waals surface area contributed by atoms with E-state index in [1.165, 1.54) is 4.90 Å². The lowest BCUT2D eigenvalue weighted by Gasteiger charge is -2.23. The van der Waals surface area contributed by atoms with Gasteiger partial charge in [-0.2, -0.15) is 0 Å². The molecule has 1 aliphatic rings. The van der Waals surface area contributed by atoms with Crippen LogP contribution in [0.15, 0.2) is 0 Å². The molecule has 1 heterocycles. The minimum Gasteiger partial charge on any atom is -0.459 e. The molecule has 1 N–H and O–H groups in total.